The second-order valence-electron chi connectivity index (χ2n) is 8.93. The van der Waals surface area contributed by atoms with Gasteiger partial charge in [-0.3, -0.25) is 14.6 Å². The molecule has 0 unspecified atom stereocenters. The zero-order valence-corrected chi connectivity index (χ0v) is 19.1. The minimum Gasteiger partial charge on any atom is -0.497 e. The summed E-state index contributed by atoms with van der Waals surface area (Å²) in [5.41, 5.74) is 2.94. The van der Waals surface area contributed by atoms with E-state index in [4.69, 9.17) is 4.74 Å². The molecule has 2 amide bonds. The molecule has 33 heavy (non-hydrogen) atoms. The Bertz CT molecular complexity index is 1230. The number of likely N-dealkylation sites (tertiary alicyclic amines) is 1. The van der Waals surface area contributed by atoms with Crippen LogP contribution in [0, 0.1) is 0 Å². The normalized spacial score (nSPS) is 18.8. The number of ether oxygens (including phenoxy) is 1. The summed E-state index contributed by atoms with van der Waals surface area (Å²) >= 11 is 0. The second-order valence-corrected chi connectivity index (χ2v) is 8.93. The number of pyridine rings is 1. The van der Waals surface area contributed by atoms with Crippen LogP contribution >= 0.6 is 0 Å². The van der Waals surface area contributed by atoms with Crippen molar-refractivity contribution in [2.75, 3.05) is 33.4 Å². The molecule has 4 heterocycles. The van der Waals surface area contributed by atoms with Crippen LogP contribution in [0.25, 0.3) is 10.9 Å². The van der Waals surface area contributed by atoms with Crippen molar-refractivity contribution in [3.63, 3.8) is 0 Å². The Balaban J connectivity index is 1.69. The molecule has 0 saturated carbocycles. The van der Waals surface area contributed by atoms with Crippen molar-refractivity contribution in [1.29, 1.82) is 0 Å². The lowest BCUT2D eigenvalue weighted by Crippen LogP contribution is -2.68. The zero-order valence-electron chi connectivity index (χ0n) is 19.1. The van der Waals surface area contributed by atoms with Crippen LogP contribution < -0.4 is 4.74 Å². The van der Waals surface area contributed by atoms with Gasteiger partial charge in [-0.25, -0.2) is 0 Å². The van der Waals surface area contributed by atoms with Gasteiger partial charge in [-0.05, 0) is 29.8 Å². The Morgan fingerprint density at radius 3 is 2.64 bits per heavy atom. The standard InChI is InChI=1S/C25H28N4O4/c1-4-21(31)28-13-25(14-28)15-29(24(32)18-7-5-6-10-26-18)20(12-30)23-22(25)17-9-8-16(33-3)11-19(17)27(23)2/h5-11,20,30H,4,12-15H2,1-3H3/t20-/m0/s1. The first-order valence-electron chi connectivity index (χ1n) is 11.2. The molecular formula is C25H28N4O4. The molecule has 1 N–H and O–H groups in total. The van der Waals surface area contributed by atoms with Crippen LogP contribution in [0.5, 0.6) is 5.75 Å². The van der Waals surface area contributed by atoms with Gasteiger partial charge in [0.05, 0.1) is 30.7 Å². The van der Waals surface area contributed by atoms with Crippen molar-refractivity contribution < 1.29 is 19.4 Å². The molecule has 8 heteroatoms. The molecule has 1 aromatic carbocycles. The van der Waals surface area contributed by atoms with Gasteiger partial charge in [0.1, 0.15) is 11.4 Å². The van der Waals surface area contributed by atoms with E-state index in [-0.39, 0.29) is 18.4 Å². The predicted molar refractivity (Wildman–Crippen MR) is 123 cm³/mol. The number of aryl methyl sites for hydroxylation is 1. The monoisotopic (exact) mass is 448 g/mol. The molecule has 3 aromatic rings. The summed E-state index contributed by atoms with van der Waals surface area (Å²) in [5.74, 6) is 0.631. The molecule has 1 saturated heterocycles. The third-order valence-electron chi connectivity index (χ3n) is 7.11. The quantitative estimate of drug-likeness (QED) is 0.662. The third kappa shape index (κ3) is 3.12. The highest BCUT2D eigenvalue weighted by Crippen LogP contribution is 2.50. The highest BCUT2D eigenvalue weighted by Gasteiger charge is 2.55. The molecule has 0 aliphatic carbocycles. The summed E-state index contributed by atoms with van der Waals surface area (Å²) in [6.45, 7) is 3.16. The summed E-state index contributed by atoms with van der Waals surface area (Å²) in [6.07, 6.45) is 2.05. The molecule has 0 bridgehead atoms. The minimum absolute atomic E-state index is 0.107. The lowest BCUT2D eigenvalue weighted by Gasteiger charge is -2.56. The number of methoxy groups -OCH3 is 1. The van der Waals surface area contributed by atoms with Crippen molar-refractivity contribution >= 4 is 22.7 Å². The van der Waals surface area contributed by atoms with E-state index in [9.17, 15) is 14.7 Å². The maximum atomic E-state index is 13.5. The van der Waals surface area contributed by atoms with Gasteiger partial charge in [-0.2, -0.15) is 0 Å². The molecule has 2 aromatic heterocycles. The molecule has 5 rings (SSSR count). The van der Waals surface area contributed by atoms with Crippen LogP contribution in [0.2, 0.25) is 0 Å². The first kappa shape index (κ1) is 21.5. The Morgan fingerprint density at radius 1 is 1.21 bits per heavy atom. The fourth-order valence-electron chi connectivity index (χ4n) is 5.55. The van der Waals surface area contributed by atoms with Crippen molar-refractivity contribution in [3.05, 3.63) is 59.5 Å². The maximum absolute atomic E-state index is 13.5. The topological polar surface area (TPSA) is 87.9 Å². The van der Waals surface area contributed by atoms with E-state index in [1.807, 2.05) is 37.1 Å². The molecular weight excluding hydrogens is 420 g/mol. The average molecular weight is 449 g/mol. The van der Waals surface area contributed by atoms with Crippen LogP contribution in [0.4, 0.5) is 0 Å². The lowest BCUT2D eigenvalue weighted by atomic mass is 9.68. The number of aliphatic hydroxyl groups excluding tert-OH is 1. The van der Waals surface area contributed by atoms with Crippen LogP contribution in [0.3, 0.4) is 0 Å². The number of rotatable bonds is 4. The SMILES string of the molecule is CCC(=O)N1CC2(C1)CN(C(=O)c1ccccn1)[C@@H](CO)c1c2c2ccc(OC)cc2n1C. The Hall–Kier alpha value is -3.39. The number of hydrogen-bond donors (Lipinski definition) is 1. The van der Waals surface area contributed by atoms with Crippen LogP contribution in [0.1, 0.15) is 41.1 Å². The summed E-state index contributed by atoms with van der Waals surface area (Å²) in [6, 6.07) is 10.7. The summed E-state index contributed by atoms with van der Waals surface area (Å²) in [5, 5.41) is 11.5. The van der Waals surface area contributed by atoms with E-state index in [0.717, 1.165) is 27.9 Å². The number of benzene rings is 1. The number of carbonyl (C=O) groups is 2. The fraction of sp³-hybridized carbons (Fsp3) is 0.400. The van der Waals surface area contributed by atoms with Crippen LogP contribution in [0.15, 0.2) is 42.6 Å². The van der Waals surface area contributed by atoms with Gasteiger partial charge >= 0.3 is 0 Å². The Morgan fingerprint density at radius 2 is 2.00 bits per heavy atom. The second kappa shape index (κ2) is 7.88. The number of carbonyl (C=O) groups excluding carboxylic acids is 2. The van der Waals surface area contributed by atoms with Crippen LogP contribution in [-0.4, -0.2) is 69.6 Å². The van der Waals surface area contributed by atoms with Crippen LogP contribution in [-0.2, 0) is 17.3 Å². The molecule has 172 valence electrons. The molecule has 1 spiro atoms. The van der Waals surface area contributed by atoms with Gasteiger partial charge in [-0.15, -0.1) is 0 Å². The van der Waals surface area contributed by atoms with Gasteiger partial charge in [0.25, 0.3) is 5.91 Å². The Labute approximate surface area is 192 Å². The minimum atomic E-state index is -0.514. The van der Waals surface area contributed by atoms with Crippen molar-refractivity contribution in [2.24, 2.45) is 7.05 Å². The maximum Gasteiger partial charge on any atom is 0.273 e. The number of nitrogens with zero attached hydrogens (tertiary/aromatic N) is 4. The lowest BCUT2D eigenvalue weighted by molar-refractivity contribution is -0.139. The highest BCUT2D eigenvalue weighted by atomic mass is 16.5. The van der Waals surface area contributed by atoms with E-state index in [2.05, 4.69) is 9.55 Å². The Kier molecular flexibility index (Phi) is 5.12. The first-order valence-corrected chi connectivity index (χ1v) is 11.2. The molecule has 8 nitrogen and oxygen atoms in total. The highest BCUT2D eigenvalue weighted by molar-refractivity contribution is 5.95. The van der Waals surface area contributed by atoms with E-state index in [1.165, 1.54) is 0 Å². The predicted octanol–water partition coefficient (Wildman–Crippen LogP) is 2.26. The summed E-state index contributed by atoms with van der Waals surface area (Å²) in [4.78, 5) is 33.8. The third-order valence-corrected chi connectivity index (χ3v) is 7.11. The van der Waals surface area contributed by atoms with E-state index in [0.29, 0.717) is 31.7 Å². The molecule has 0 radical (unpaired) electrons. The average Bonchev–Trinajstić information content (AvgIpc) is 3.13. The van der Waals surface area contributed by atoms with Gasteiger partial charge < -0.3 is 24.2 Å². The number of hydrogen-bond acceptors (Lipinski definition) is 5. The number of aromatic nitrogens is 2. The first-order chi connectivity index (χ1) is 15.9. The largest absolute Gasteiger partial charge is 0.497 e. The van der Waals surface area contributed by atoms with Gasteiger partial charge in [0, 0.05) is 56.4 Å². The van der Waals surface area contributed by atoms with E-state index < -0.39 is 11.5 Å². The van der Waals surface area contributed by atoms with Crippen molar-refractivity contribution in [1.82, 2.24) is 19.4 Å². The van der Waals surface area contributed by atoms with Gasteiger partial charge in [0.15, 0.2) is 0 Å². The molecule has 1 fully saturated rings. The number of fused-ring (bicyclic) bond motifs is 4. The zero-order chi connectivity index (χ0) is 23.3. The smallest absolute Gasteiger partial charge is 0.273 e. The summed E-state index contributed by atoms with van der Waals surface area (Å²) in [7, 11) is 3.59. The number of aliphatic hydroxyl groups is 1. The molecule has 1 atom stereocenters. The van der Waals surface area contributed by atoms with Crippen molar-refractivity contribution in [2.45, 2.75) is 24.8 Å². The summed E-state index contributed by atoms with van der Waals surface area (Å²) < 4.78 is 7.50. The van der Waals surface area contributed by atoms with E-state index >= 15 is 0 Å². The van der Waals surface area contributed by atoms with Gasteiger partial charge in [0.2, 0.25) is 5.91 Å². The van der Waals surface area contributed by atoms with Crippen molar-refractivity contribution in [3.8, 4) is 5.75 Å². The fourth-order valence-corrected chi connectivity index (χ4v) is 5.55. The van der Waals surface area contributed by atoms with E-state index in [1.54, 1.807) is 36.4 Å². The molecule has 2 aliphatic rings. The van der Waals surface area contributed by atoms with Gasteiger partial charge in [-0.1, -0.05) is 13.0 Å². The number of amides is 2. The molecule has 2 aliphatic heterocycles.